The fourth-order valence-corrected chi connectivity index (χ4v) is 3.48. The van der Waals surface area contributed by atoms with Gasteiger partial charge in [-0.2, -0.15) is 0 Å². The lowest BCUT2D eigenvalue weighted by Gasteiger charge is -2.31. The standard InChI is InChI=1S/C18H30N2O/c1-15(18(19-2)17-7-5-4-6-8-17)13-20(3)14-16-9-11-21-12-10-16/h4-8,15-16,18-19H,9-14H2,1-3H3. The van der Waals surface area contributed by atoms with Crippen LogP contribution in [0, 0.1) is 11.8 Å². The van der Waals surface area contributed by atoms with Gasteiger partial charge in [0.05, 0.1) is 0 Å². The van der Waals surface area contributed by atoms with E-state index in [9.17, 15) is 0 Å². The molecule has 1 heterocycles. The molecule has 0 bridgehead atoms. The van der Waals surface area contributed by atoms with Crippen LogP contribution in [0.5, 0.6) is 0 Å². The van der Waals surface area contributed by atoms with Crippen LogP contribution in [-0.2, 0) is 4.74 Å². The summed E-state index contributed by atoms with van der Waals surface area (Å²) in [6, 6.07) is 11.2. The molecule has 2 unspecified atom stereocenters. The van der Waals surface area contributed by atoms with Crippen molar-refractivity contribution in [1.82, 2.24) is 10.2 Å². The van der Waals surface area contributed by atoms with Crippen molar-refractivity contribution in [2.45, 2.75) is 25.8 Å². The molecule has 0 spiro atoms. The lowest BCUT2D eigenvalue weighted by atomic mass is 9.93. The molecular formula is C18H30N2O. The molecule has 3 heteroatoms. The number of nitrogens with zero attached hydrogens (tertiary/aromatic N) is 1. The maximum Gasteiger partial charge on any atom is 0.0469 e. The zero-order valence-electron chi connectivity index (χ0n) is 13.7. The third kappa shape index (κ3) is 5.10. The first kappa shape index (κ1) is 16.5. The second-order valence-electron chi connectivity index (χ2n) is 6.43. The Morgan fingerprint density at radius 3 is 2.52 bits per heavy atom. The molecular weight excluding hydrogens is 260 g/mol. The second kappa shape index (κ2) is 8.52. The van der Waals surface area contributed by atoms with Gasteiger partial charge in [-0.25, -0.2) is 0 Å². The second-order valence-corrected chi connectivity index (χ2v) is 6.43. The lowest BCUT2D eigenvalue weighted by molar-refractivity contribution is 0.0536. The minimum absolute atomic E-state index is 0.420. The maximum atomic E-state index is 5.45. The molecule has 1 aromatic carbocycles. The Kier molecular flexibility index (Phi) is 6.68. The van der Waals surface area contributed by atoms with Crippen LogP contribution >= 0.6 is 0 Å². The topological polar surface area (TPSA) is 24.5 Å². The largest absolute Gasteiger partial charge is 0.381 e. The van der Waals surface area contributed by atoms with Crippen molar-refractivity contribution in [2.24, 2.45) is 11.8 Å². The summed E-state index contributed by atoms with van der Waals surface area (Å²) in [6.45, 7) is 6.54. The summed E-state index contributed by atoms with van der Waals surface area (Å²) in [6.07, 6.45) is 2.43. The zero-order valence-corrected chi connectivity index (χ0v) is 13.7. The van der Waals surface area contributed by atoms with E-state index in [0.717, 1.165) is 25.7 Å². The Morgan fingerprint density at radius 2 is 1.90 bits per heavy atom. The number of hydrogen-bond acceptors (Lipinski definition) is 3. The SMILES string of the molecule is CNC(c1ccccc1)C(C)CN(C)CC1CCOCC1. The van der Waals surface area contributed by atoms with Gasteiger partial charge in [0.15, 0.2) is 0 Å². The summed E-state index contributed by atoms with van der Waals surface area (Å²) in [5.41, 5.74) is 1.38. The molecule has 1 fully saturated rings. The molecule has 0 aliphatic carbocycles. The normalized spacial score (nSPS) is 19.6. The molecule has 1 aliphatic rings. The highest BCUT2D eigenvalue weighted by Crippen LogP contribution is 2.23. The quantitative estimate of drug-likeness (QED) is 0.835. The van der Waals surface area contributed by atoms with Crippen molar-refractivity contribution in [2.75, 3.05) is 40.4 Å². The summed E-state index contributed by atoms with van der Waals surface area (Å²) in [7, 11) is 4.32. The average molecular weight is 290 g/mol. The lowest BCUT2D eigenvalue weighted by Crippen LogP contribution is -2.36. The van der Waals surface area contributed by atoms with Crippen LogP contribution < -0.4 is 5.32 Å². The van der Waals surface area contributed by atoms with Gasteiger partial charge < -0.3 is 15.0 Å². The van der Waals surface area contributed by atoms with E-state index >= 15 is 0 Å². The van der Waals surface area contributed by atoms with Crippen molar-refractivity contribution >= 4 is 0 Å². The zero-order chi connectivity index (χ0) is 15.1. The van der Waals surface area contributed by atoms with Crippen LogP contribution in [0.3, 0.4) is 0 Å². The minimum Gasteiger partial charge on any atom is -0.381 e. The van der Waals surface area contributed by atoms with Crippen molar-refractivity contribution < 1.29 is 4.74 Å². The number of benzene rings is 1. The van der Waals surface area contributed by atoms with Gasteiger partial charge in [0, 0.05) is 32.3 Å². The average Bonchev–Trinajstić information content (AvgIpc) is 2.50. The molecule has 3 nitrogen and oxygen atoms in total. The van der Waals surface area contributed by atoms with E-state index in [1.807, 2.05) is 0 Å². The first-order valence-electron chi connectivity index (χ1n) is 8.19. The van der Waals surface area contributed by atoms with Crippen LogP contribution in [0.2, 0.25) is 0 Å². The molecule has 118 valence electrons. The van der Waals surface area contributed by atoms with Gasteiger partial charge in [0.25, 0.3) is 0 Å². The fraction of sp³-hybridized carbons (Fsp3) is 0.667. The van der Waals surface area contributed by atoms with Gasteiger partial charge >= 0.3 is 0 Å². The number of ether oxygens (including phenoxy) is 1. The summed E-state index contributed by atoms with van der Waals surface area (Å²) in [5, 5.41) is 3.48. The van der Waals surface area contributed by atoms with Gasteiger partial charge in [-0.1, -0.05) is 37.3 Å². The van der Waals surface area contributed by atoms with E-state index in [1.54, 1.807) is 0 Å². The van der Waals surface area contributed by atoms with E-state index in [0.29, 0.717) is 12.0 Å². The van der Waals surface area contributed by atoms with Gasteiger partial charge in [0.1, 0.15) is 0 Å². The van der Waals surface area contributed by atoms with Gasteiger partial charge in [0.2, 0.25) is 0 Å². The summed E-state index contributed by atoms with van der Waals surface area (Å²) < 4.78 is 5.45. The van der Waals surface area contributed by atoms with Crippen molar-refractivity contribution in [3.8, 4) is 0 Å². The Hall–Kier alpha value is -0.900. The molecule has 0 aromatic heterocycles. The number of hydrogen-bond donors (Lipinski definition) is 1. The highest BCUT2D eigenvalue weighted by molar-refractivity contribution is 5.19. The van der Waals surface area contributed by atoms with E-state index in [2.05, 4.69) is 61.6 Å². The Bertz CT molecular complexity index is 389. The molecule has 1 saturated heterocycles. The van der Waals surface area contributed by atoms with E-state index in [1.165, 1.54) is 24.9 Å². The van der Waals surface area contributed by atoms with Gasteiger partial charge in [-0.05, 0) is 44.3 Å². The summed E-state index contributed by atoms with van der Waals surface area (Å²) in [4.78, 5) is 2.49. The monoisotopic (exact) mass is 290 g/mol. The number of nitrogens with one attached hydrogen (secondary N) is 1. The van der Waals surface area contributed by atoms with Crippen molar-refractivity contribution in [3.05, 3.63) is 35.9 Å². The summed E-state index contributed by atoms with van der Waals surface area (Å²) >= 11 is 0. The van der Waals surface area contributed by atoms with E-state index in [4.69, 9.17) is 4.74 Å². The van der Waals surface area contributed by atoms with Crippen LogP contribution in [0.4, 0.5) is 0 Å². The molecule has 1 aliphatic heterocycles. The Morgan fingerprint density at radius 1 is 1.24 bits per heavy atom. The molecule has 0 amide bonds. The Labute approximate surface area is 129 Å². The fourth-order valence-electron chi connectivity index (χ4n) is 3.48. The highest BCUT2D eigenvalue weighted by atomic mass is 16.5. The molecule has 21 heavy (non-hydrogen) atoms. The smallest absolute Gasteiger partial charge is 0.0469 e. The highest BCUT2D eigenvalue weighted by Gasteiger charge is 2.21. The maximum absolute atomic E-state index is 5.45. The molecule has 2 atom stereocenters. The van der Waals surface area contributed by atoms with Crippen LogP contribution in [0.1, 0.15) is 31.4 Å². The molecule has 0 saturated carbocycles. The third-order valence-corrected chi connectivity index (χ3v) is 4.55. The predicted molar refractivity (Wildman–Crippen MR) is 88.4 cm³/mol. The van der Waals surface area contributed by atoms with E-state index < -0.39 is 0 Å². The van der Waals surface area contributed by atoms with Crippen molar-refractivity contribution in [3.63, 3.8) is 0 Å². The Balaban J connectivity index is 1.85. The first-order chi connectivity index (χ1) is 10.2. The van der Waals surface area contributed by atoms with Crippen LogP contribution in [-0.4, -0.2) is 45.3 Å². The molecule has 0 radical (unpaired) electrons. The summed E-state index contributed by atoms with van der Waals surface area (Å²) in [5.74, 6) is 1.39. The first-order valence-corrected chi connectivity index (χ1v) is 8.19. The van der Waals surface area contributed by atoms with Crippen LogP contribution in [0.15, 0.2) is 30.3 Å². The van der Waals surface area contributed by atoms with Gasteiger partial charge in [-0.3, -0.25) is 0 Å². The predicted octanol–water partition coefficient (Wildman–Crippen LogP) is 2.94. The molecule has 1 N–H and O–H groups in total. The number of rotatable bonds is 7. The van der Waals surface area contributed by atoms with Crippen LogP contribution in [0.25, 0.3) is 0 Å². The minimum atomic E-state index is 0.420. The third-order valence-electron chi connectivity index (χ3n) is 4.55. The van der Waals surface area contributed by atoms with Crippen molar-refractivity contribution in [1.29, 1.82) is 0 Å². The van der Waals surface area contributed by atoms with E-state index in [-0.39, 0.29) is 0 Å². The van der Waals surface area contributed by atoms with Gasteiger partial charge in [-0.15, -0.1) is 0 Å². The molecule has 1 aromatic rings. The molecule has 2 rings (SSSR count).